The van der Waals surface area contributed by atoms with E-state index in [9.17, 15) is 0 Å². The summed E-state index contributed by atoms with van der Waals surface area (Å²) in [6.45, 7) is 9.45. The summed E-state index contributed by atoms with van der Waals surface area (Å²) < 4.78 is 0. The number of hydrogen-bond acceptors (Lipinski definition) is 0. The first-order chi connectivity index (χ1) is 9.22. The summed E-state index contributed by atoms with van der Waals surface area (Å²) >= 11 is 5.66. The lowest BCUT2D eigenvalue weighted by Gasteiger charge is -1.98. The minimum Gasteiger partial charge on any atom is -0.122 e. The smallest absolute Gasteiger partial charge is 0.0479 e. The SMILES string of the molecule is C=Cc1ccccc1C.C=Cc1ccccc1CCl. The highest BCUT2D eigenvalue weighted by molar-refractivity contribution is 6.17. The van der Waals surface area contributed by atoms with Crippen molar-refractivity contribution in [3.05, 3.63) is 83.9 Å². The van der Waals surface area contributed by atoms with Gasteiger partial charge in [0.2, 0.25) is 0 Å². The zero-order chi connectivity index (χ0) is 14.1. The molecule has 0 fully saturated rings. The predicted octanol–water partition coefficient (Wildman–Crippen LogP) is 5.71. The van der Waals surface area contributed by atoms with Gasteiger partial charge in [0.05, 0.1) is 0 Å². The monoisotopic (exact) mass is 270 g/mol. The molecule has 0 N–H and O–H groups in total. The van der Waals surface area contributed by atoms with Gasteiger partial charge in [-0.1, -0.05) is 73.8 Å². The Labute approximate surface area is 121 Å². The van der Waals surface area contributed by atoms with Gasteiger partial charge in [-0.3, -0.25) is 0 Å². The third-order valence-corrected chi connectivity index (χ3v) is 3.12. The van der Waals surface area contributed by atoms with Gasteiger partial charge in [0.1, 0.15) is 0 Å². The van der Waals surface area contributed by atoms with E-state index < -0.39 is 0 Å². The van der Waals surface area contributed by atoms with Crippen LogP contribution < -0.4 is 0 Å². The number of hydrogen-bond donors (Lipinski definition) is 0. The van der Waals surface area contributed by atoms with Crippen LogP contribution in [-0.2, 0) is 5.88 Å². The molecule has 19 heavy (non-hydrogen) atoms. The van der Waals surface area contributed by atoms with Crippen molar-refractivity contribution < 1.29 is 0 Å². The van der Waals surface area contributed by atoms with Gasteiger partial charge in [0, 0.05) is 5.88 Å². The molecule has 0 bridgehead atoms. The molecule has 2 aromatic carbocycles. The summed E-state index contributed by atoms with van der Waals surface area (Å²) in [5.74, 6) is 0.558. The van der Waals surface area contributed by atoms with Crippen LogP contribution in [0.15, 0.2) is 61.7 Å². The van der Waals surface area contributed by atoms with Crippen molar-refractivity contribution >= 4 is 23.8 Å². The Kier molecular flexibility index (Phi) is 6.70. The molecular formula is C18H19Cl. The topological polar surface area (TPSA) is 0 Å². The number of alkyl halides is 1. The molecule has 0 saturated carbocycles. The Morgan fingerprint density at radius 3 is 1.84 bits per heavy atom. The van der Waals surface area contributed by atoms with E-state index in [0.717, 1.165) is 11.1 Å². The Morgan fingerprint density at radius 1 is 0.895 bits per heavy atom. The van der Waals surface area contributed by atoms with Gasteiger partial charge in [-0.05, 0) is 29.2 Å². The fourth-order valence-electron chi connectivity index (χ4n) is 1.67. The third-order valence-electron chi connectivity index (χ3n) is 2.83. The molecule has 0 aliphatic rings. The molecule has 0 unspecified atom stereocenters. The summed E-state index contributed by atoms with van der Waals surface area (Å²) in [6, 6.07) is 16.2. The average Bonchev–Trinajstić information content (AvgIpc) is 2.48. The van der Waals surface area contributed by atoms with Gasteiger partial charge in [-0.15, -0.1) is 11.6 Å². The van der Waals surface area contributed by atoms with Crippen molar-refractivity contribution in [2.75, 3.05) is 0 Å². The zero-order valence-electron chi connectivity index (χ0n) is 11.3. The van der Waals surface area contributed by atoms with Crippen molar-refractivity contribution in [2.45, 2.75) is 12.8 Å². The lowest BCUT2D eigenvalue weighted by Crippen LogP contribution is -1.81. The lowest BCUT2D eigenvalue weighted by molar-refractivity contribution is 1.38. The average molecular weight is 271 g/mol. The molecule has 98 valence electrons. The molecule has 0 saturated heterocycles. The molecule has 2 aromatic rings. The van der Waals surface area contributed by atoms with E-state index in [0.29, 0.717) is 5.88 Å². The Balaban J connectivity index is 0.000000191. The maximum Gasteiger partial charge on any atom is 0.0479 e. The molecular weight excluding hydrogens is 252 g/mol. The van der Waals surface area contributed by atoms with Crippen LogP contribution in [0.3, 0.4) is 0 Å². The summed E-state index contributed by atoms with van der Waals surface area (Å²) in [7, 11) is 0. The van der Waals surface area contributed by atoms with E-state index in [1.54, 1.807) is 0 Å². The molecule has 0 aliphatic carbocycles. The van der Waals surface area contributed by atoms with Crippen LogP contribution >= 0.6 is 11.6 Å². The van der Waals surface area contributed by atoms with E-state index >= 15 is 0 Å². The van der Waals surface area contributed by atoms with Crippen LogP contribution in [0.4, 0.5) is 0 Å². The molecule has 0 radical (unpaired) electrons. The molecule has 0 nitrogen and oxygen atoms in total. The quantitative estimate of drug-likeness (QED) is 0.627. The maximum atomic E-state index is 5.66. The van der Waals surface area contributed by atoms with Gasteiger partial charge < -0.3 is 0 Å². The highest BCUT2D eigenvalue weighted by Gasteiger charge is 1.93. The molecule has 0 amide bonds. The zero-order valence-corrected chi connectivity index (χ0v) is 12.0. The van der Waals surface area contributed by atoms with E-state index in [1.165, 1.54) is 11.1 Å². The second kappa shape index (κ2) is 8.34. The molecule has 0 aliphatic heterocycles. The van der Waals surface area contributed by atoms with Crippen LogP contribution in [0, 0.1) is 6.92 Å². The minimum absolute atomic E-state index is 0.558. The van der Waals surface area contributed by atoms with Gasteiger partial charge in [-0.25, -0.2) is 0 Å². The second-order valence-corrected chi connectivity index (χ2v) is 4.36. The van der Waals surface area contributed by atoms with Gasteiger partial charge >= 0.3 is 0 Å². The van der Waals surface area contributed by atoms with Gasteiger partial charge in [0.15, 0.2) is 0 Å². The van der Waals surface area contributed by atoms with Crippen LogP contribution in [0.2, 0.25) is 0 Å². The molecule has 1 heteroatoms. The summed E-state index contributed by atoms with van der Waals surface area (Å²) in [5, 5.41) is 0. The summed E-state index contributed by atoms with van der Waals surface area (Å²) in [5.41, 5.74) is 4.77. The fraction of sp³-hybridized carbons (Fsp3) is 0.111. The first-order valence-corrected chi connectivity index (χ1v) is 6.70. The highest BCUT2D eigenvalue weighted by Crippen LogP contribution is 2.11. The first-order valence-electron chi connectivity index (χ1n) is 6.17. The van der Waals surface area contributed by atoms with Crippen LogP contribution in [0.25, 0.3) is 12.2 Å². The van der Waals surface area contributed by atoms with E-state index in [1.807, 2.05) is 48.6 Å². The Bertz CT molecular complexity index is 541. The minimum atomic E-state index is 0.558. The normalized spacial score (nSPS) is 9.16. The highest BCUT2D eigenvalue weighted by atomic mass is 35.5. The van der Waals surface area contributed by atoms with Crippen molar-refractivity contribution in [3.63, 3.8) is 0 Å². The van der Waals surface area contributed by atoms with Crippen LogP contribution in [-0.4, -0.2) is 0 Å². The maximum absolute atomic E-state index is 5.66. The molecule has 0 heterocycles. The summed E-state index contributed by atoms with van der Waals surface area (Å²) in [4.78, 5) is 0. The molecule has 0 spiro atoms. The Hall–Kier alpha value is -1.79. The number of aryl methyl sites for hydroxylation is 1. The fourth-order valence-corrected chi connectivity index (χ4v) is 1.91. The number of halogens is 1. The largest absolute Gasteiger partial charge is 0.122 e. The van der Waals surface area contributed by atoms with Gasteiger partial charge in [-0.2, -0.15) is 0 Å². The lowest BCUT2D eigenvalue weighted by atomic mass is 10.1. The van der Waals surface area contributed by atoms with Crippen LogP contribution in [0.5, 0.6) is 0 Å². The van der Waals surface area contributed by atoms with Crippen molar-refractivity contribution in [1.82, 2.24) is 0 Å². The first kappa shape index (κ1) is 15.3. The van der Waals surface area contributed by atoms with Crippen LogP contribution in [0.1, 0.15) is 22.3 Å². The van der Waals surface area contributed by atoms with Crippen molar-refractivity contribution in [2.24, 2.45) is 0 Å². The van der Waals surface area contributed by atoms with Crippen molar-refractivity contribution in [3.8, 4) is 0 Å². The van der Waals surface area contributed by atoms with Crippen molar-refractivity contribution in [1.29, 1.82) is 0 Å². The second-order valence-electron chi connectivity index (χ2n) is 4.10. The van der Waals surface area contributed by atoms with E-state index in [-0.39, 0.29) is 0 Å². The summed E-state index contributed by atoms with van der Waals surface area (Å²) in [6.07, 6.45) is 3.69. The van der Waals surface area contributed by atoms with E-state index in [2.05, 4.69) is 32.2 Å². The third kappa shape index (κ3) is 4.76. The molecule has 0 atom stereocenters. The molecule has 0 aromatic heterocycles. The predicted molar refractivity (Wildman–Crippen MR) is 87.4 cm³/mol. The Morgan fingerprint density at radius 2 is 1.42 bits per heavy atom. The number of rotatable bonds is 3. The molecule has 2 rings (SSSR count). The number of benzene rings is 2. The van der Waals surface area contributed by atoms with Gasteiger partial charge in [0.25, 0.3) is 0 Å². The standard InChI is InChI=1S/C9H9Cl.C9H10/c1-2-8-5-3-4-6-9(8)7-10;1-3-9-7-5-4-6-8(9)2/h2-6H,1,7H2;3-7H,1H2,2H3. The van der Waals surface area contributed by atoms with E-state index in [4.69, 9.17) is 11.6 Å².